The van der Waals surface area contributed by atoms with E-state index in [0.717, 1.165) is 4.31 Å². The molecule has 0 amide bonds. The standard InChI is InChI=1S/C9H15N3O3S/c1-7(2)12(3)16(14,15)11-9-8(13)5-4-6-10-9/h4-7,13H,1-3H3,(H,10,11). The Kier molecular flexibility index (Phi) is 3.71. The van der Waals surface area contributed by atoms with Crippen LogP contribution in [0.5, 0.6) is 5.75 Å². The molecule has 0 aromatic carbocycles. The minimum Gasteiger partial charge on any atom is -0.504 e. The average molecular weight is 245 g/mol. The third-order valence-corrected chi connectivity index (χ3v) is 3.75. The van der Waals surface area contributed by atoms with E-state index >= 15 is 0 Å². The number of anilines is 1. The normalized spacial score (nSPS) is 12.1. The lowest BCUT2D eigenvalue weighted by molar-refractivity contribution is 0.413. The minimum atomic E-state index is -3.67. The van der Waals surface area contributed by atoms with Gasteiger partial charge in [0.15, 0.2) is 11.6 Å². The molecule has 16 heavy (non-hydrogen) atoms. The average Bonchev–Trinajstić information content (AvgIpc) is 2.20. The maximum Gasteiger partial charge on any atom is 0.302 e. The SMILES string of the molecule is CC(C)N(C)S(=O)(=O)Nc1ncccc1O. The first-order chi connectivity index (χ1) is 7.34. The van der Waals surface area contributed by atoms with E-state index in [4.69, 9.17) is 0 Å². The Hall–Kier alpha value is -1.34. The van der Waals surface area contributed by atoms with Crippen molar-refractivity contribution in [3.05, 3.63) is 18.3 Å². The number of rotatable bonds is 4. The summed E-state index contributed by atoms with van der Waals surface area (Å²) in [6, 6.07) is 2.70. The van der Waals surface area contributed by atoms with E-state index in [2.05, 4.69) is 9.71 Å². The molecule has 1 rings (SSSR count). The van der Waals surface area contributed by atoms with Gasteiger partial charge in [-0.2, -0.15) is 12.7 Å². The van der Waals surface area contributed by atoms with E-state index in [9.17, 15) is 13.5 Å². The van der Waals surface area contributed by atoms with Gasteiger partial charge >= 0.3 is 10.2 Å². The molecule has 2 N–H and O–H groups in total. The molecule has 0 atom stereocenters. The largest absolute Gasteiger partial charge is 0.504 e. The summed E-state index contributed by atoms with van der Waals surface area (Å²) in [5.74, 6) is -0.279. The molecular formula is C9H15N3O3S. The molecule has 0 unspecified atom stereocenters. The van der Waals surface area contributed by atoms with Gasteiger partial charge in [0.1, 0.15) is 0 Å². The molecule has 0 bridgehead atoms. The van der Waals surface area contributed by atoms with Gasteiger partial charge in [-0.25, -0.2) is 4.98 Å². The van der Waals surface area contributed by atoms with Crippen molar-refractivity contribution in [3.8, 4) is 5.75 Å². The van der Waals surface area contributed by atoms with Crippen LogP contribution in [0.2, 0.25) is 0 Å². The lowest BCUT2D eigenvalue weighted by Gasteiger charge is -2.21. The van der Waals surface area contributed by atoms with Gasteiger partial charge in [0.25, 0.3) is 0 Å². The number of nitrogens with zero attached hydrogens (tertiary/aromatic N) is 2. The minimum absolute atomic E-state index is 0.0741. The number of hydrogen-bond acceptors (Lipinski definition) is 4. The number of pyridine rings is 1. The van der Waals surface area contributed by atoms with Gasteiger partial charge in [0.05, 0.1) is 0 Å². The van der Waals surface area contributed by atoms with Gasteiger partial charge in [0, 0.05) is 19.3 Å². The first-order valence-electron chi connectivity index (χ1n) is 4.74. The Morgan fingerprint density at radius 1 is 1.50 bits per heavy atom. The second kappa shape index (κ2) is 4.67. The van der Waals surface area contributed by atoms with Crippen molar-refractivity contribution < 1.29 is 13.5 Å². The Morgan fingerprint density at radius 2 is 2.12 bits per heavy atom. The van der Waals surface area contributed by atoms with Crippen molar-refractivity contribution >= 4 is 16.0 Å². The van der Waals surface area contributed by atoms with Crippen LogP contribution in [-0.2, 0) is 10.2 Å². The summed E-state index contributed by atoms with van der Waals surface area (Å²) in [7, 11) is -2.22. The fraction of sp³-hybridized carbons (Fsp3) is 0.444. The van der Waals surface area contributed by atoms with Crippen LogP contribution in [0.25, 0.3) is 0 Å². The molecule has 0 aliphatic rings. The first-order valence-corrected chi connectivity index (χ1v) is 6.18. The maximum atomic E-state index is 11.8. The quantitative estimate of drug-likeness (QED) is 0.821. The van der Waals surface area contributed by atoms with Crippen LogP contribution in [0.4, 0.5) is 5.82 Å². The van der Waals surface area contributed by atoms with E-state index in [1.54, 1.807) is 13.8 Å². The molecule has 0 aliphatic carbocycles. The van der Waals surface area contributed by atoms with Crippen molar-refractivity contribution in [2.45, 2.75) is 19.9 Å². The molecule has 1 heterocycles. The molecule has 0 fully saturated rings. The van der Waals surface area contributed by atoms with E-state index in [1.807, 2.05) is 0 Å². The highest BCUT2D eigenvalue weighted by Gasteiger charge is 2.21. The molecule has 0 saturated heterocycles. The van der Waals surface area contributed by atoms with Crippen LogP contribution in [0.3, 0.4) is 0 Å². The Bertz CT molecular complexity index is 459. The van der Waals surface area contributed by atoms with Crippen LogP contribution in [0, 0.1) is 0 Å². The van der Waals surface area contributed by atoms with E-state index in [0.29, 0.717) is 0 Å². The smallest absolute Gasteiger partial charge is 0.302 e. The second-order valence-corrected chi connectivity index (χ2v) is 5.32. The third-order valence-electron chi connectivity index (χ3n) is 2.12. The topological polar surface area (TPSA) is 82.5 Å². The van der Waals surface area contributed by atoms with Gasteiger partial charge in [-0.1, -0.05) is 0 Å². The fourth-order valence-corrected chi connectivity index (χ4v) is 2.05. The number of nitrogens with one attached hydrogen (secondary N) is 1. The summed E-state index contributed by atoms with van der Waals surface area (Å²) in [5.41, 5.74) is 0. The zero-order valence-electron chi connectivity index (χ0n) is 9.38. The predicted molar refractivity (Wildman–Crippen MR) is 61.3 cm³/mol. The lowest BCUT2D eigenvalue weighted by atomic mass is 10.4. The Balaban J connectivity index is 2.94. The van der Waals surface area contributed by atoms with Gasteiger partial charge in [-0.3, -0.25) is 4.72 Å². The van der Waals surface area contributed by atoms with E-state index < -0.39 is 10.2 Å². The summed E-state index contributed by atoms with van der Waals surface area (Å²) >= 11 is 0. The molecule has 0 spiro atoms. The highest BCUT2D eigenvalue weighted by molar-refractivity contribution is 7.90. The zero-order valence-corrected chi connectivity index (χ0v) is 10.2. The number of hydrogen-bond donors (Lipinski definition) is 2. The molecule has 1 aromatic rings. The highest BCUT2D eigenvalue weighted by Crippen LogP contribution is 2.20. The number of aromatic nitrogens is 1. The highest BCUT2D eigenvalue weighted by atomic mass is 32.2. The van der Waals surface area contributed by atoms with Gasteiger partial charge in [0.2, 0.25) is 0 Å². The summed E-state index contributed by atoms with van der Waals surface area (Å²) in [5, 5.41) is 9.39. The van der Waals surface area contributed by atoms with Crippen molar-refractivity contribution in [1.82, 2.24) is 9.29 Å². The predicted octanol–water partition coefficient (Wildman–Crippen LogP) is 0.784. The number of aromatic hydroxyl groups is 1. The maximum absolute atomic E-state index is 11.8. The van der Waals surface area contributed by atoms with Crippen LogP contribution < -0.4 is 4.72 Å². The summed E-state index contributed by atoms with van der Waals surface area (Å²) in [6.07, 6.45) is 1.40. The molecule has 6 nitrogen and oxygen atoms in total. The van der Waals surface area contributed by atoms with Crippen LogP contribution in [0.1, 0.15) is 13.8 Å². The second-order valence-electron chi connectivity index (χ2n) is 3.59. The monoisotopic (exact) mass is 245 g/mol. The van der Waals surface area contributed by atoms with Gasteiger partial charge < -0.3 is 5.11 Å². The van der Waals surface area contributed by atoms with Crippen molar-refractivity contribution in [3.63, 3.8) is 0 Å². The van der Waals surface area contributed by atoms with Gasteiger partial charge in [-0.05, 0) is 26.0 Å². The van der Waals surface area contributed by atoms with Crippen LogP contribution >= 0.6 is 0 Å². The molecule has 0 saturated carbocycles. The Morgan fingerprint density at radius 3 is 2.62 bits per heavy atom. The van der Waals surface area contributed by atoms with E-state index in [-0.39, 0.29) is 17.6 Å². The molecule has 0 aliphatic heterocycles. The summed E-state index contributed by atoms with van der Waals surface area (Å²) in [6.45, 7) is 3.50. The molecule has 1 aromatic heterocycles. The van der Waals surface area contributed by atoms with Gasteiger partial charge in [-0.15, -0.1) is 0 Å². The third kappa shape index (κ3) is 2.83. The van der Waals surface area contributed by atoms with Crippen molar-refractivity contribution in [1.29, 1.82) is 0 Å². The molecule has 7 heteroatoms. The lowest BCUT2D eigenvalue weighted by Crippen LogP contribution is -2.37. The van der Waals surface area contributed by atoms with Crippen molar-refractivity contribution in [2.24, 2.45) is 0 Å². The Labute approximate surface area is 95.1 Å². The van der Waals surface area contributed by atoms with Crippen molar-refractivity contribution in [2.75, 3.05) is 11.8 Å². The summed E-state index contributed by atoms with van der Waals surface area (Å²) < 4.78 is 26.9. The molecule has 0 radical (unpaired) electrons. The summed E-state index contributed by atoms with van der Waals surface area (Å²) in [4.78, 5) is 3.74. The van der Waals surface area contributed by atoms with E-state index in [1.165, 1.54) is 25.4 Å². The molecule has 90 valence electrons. The fourth-order valence-electron chi connectivity index (χ4n) is 0.947. The zero-order chi connectivity index (χ0) is 12.3. The molecular weight excluding hydrogens is 230 g/mol. The van der Waals surface area contributed by atoms with Crippen LogP contribution in [-0.4, -0.2) is 35.9 Å². The first kappa shape index (κ1) is 12.7. The van der Waals surface area contributed by atoms with Crippen LogP contribution in [0.15, 0.2) is 18.3 Å².